The molecule has 0 saturated carbocycles. The average Bonchev–Trinajstić information content (AvgIpc) is 3.12. The minimum absolute atomic E-state index is 0.0862. The average molecular weight is 455 g/mol. The lowest BCUT2D eigenvalue weighted by atomic mass is 9.91. The number of anilines is 2. The van der Waals surface area contributed by atoms with Crippen LogP contribution in [0.5, 0.6) is 0 Å². The van der Waals surface area contributed by atoms with Crippen molar-refractivity contribution in [3.8, 4) is 11.1 Å². The molecule has 174 valence electrons. The van der Waals surface area contributed by atoms with E-state index in [-0.39, 0.29) is 10.3 Å². The first-order valence-corrected chi connectivity index (χ1v) is 13.0. The maximum absolute atomic E-state index is 6.23. The topological polar surface area (TPSA) is 24.9 Å². The van der Waals surface area contributed by atoms with Crippen molar-refractivity contribution in [2.24, 2.45) is 0 Å². The fraction of sp³-hybridized carbons (Fsp3) is 0.556. The molecule has 1 spiro atoms. The van der Waals surface area contributed by atoms with Gasteiger partial charge in [0.05, 0.1) is 13.2 Å². The quantitative estimate of drug-likeness (QED) is 0.555. The smallest absolute Gasteiger partial charge is 0.170 e. The largest absolute Gasteiger partial charge is 0.377 e. The summed E-state index contributed by atoms with van der Waals surface area (Å²) in [5, 5.41) is 1.66. The molecule has 0 bridgehead atoms. The highest BCUT2D eigenvalue weighted by Gasteiger charge is 2.57. The Bertz CT molecular complexity index is 931. The molecule has 2 aliphatic rings. The third-order valence-corrected chi connectivity index (χ3v) is 10.4. The van der Waals surface area contributed by atoms with E-state index < -0.39 is 13.7 Å². The molecule has 0 unspecified atom stereocenters. The highest BCUT2D eigenvalue weighted by atomic mass is 31.1. The summed E-state index contributed by atoms with van der Waals surface area (Å²) in [5.41, 5.74) is 5.19. The number of hydrogen-bond acceptors (Lipinski definition) is 4. The van der Waals surface area contributed by atoms with Gasteiger partial charge in [-0.2, -0.15) is 0 Å². The minimum Gasteiger partial charge on any atom is -0.377 e. The van der Waals surface area contributed by atoms with Gasteiger partial charge in [-0.25, -0.2) is 0 Å². The van der Waals surface area contributed by atoms with Crippen molar-refractivity contribution in [1.82, 2.24) is 0 Å². The normalized spacial score (nSPS) is 21.6. The highest BCUT2D eigenvalue weighted by molar-refractivity contribution is 7.69. The van der Waals surface area contributed by atoms with Crippen LogP contribution in [-0.2, 0) is 9.47 Å². The summed E-state index contributed by atoms with van der Waals surface area (Å²) >= 11 is 0. The maximum Gasteiger partial charge on any atom is 0.170 e. The molecule has 0 atom stereocenters. The highest BCUT2D eigenvalue weighted by Crippen LogP contribution is 2.69. The van der Waals surface area contributed by atoms with Gasteiger partial charge in [0.1, 0.15) is 0 Å². The van der Waals surface area contributed by atoms with E-state index in [1.54, 1.807) is 0 Å². The molecule has 0 aromatic heterocycles. The van der Waals surface area contributed by atoms with Crippen LogP contribution >= 0.6 is 7.92 Å². The monoisotopic (exact) mass is 454 g/mol. The summed E-state index contributed by atoms with van der Waals surface area (Å²) < 4.78 is 12.5. The third-order valence-electron chi connectivity index (χ3n) is 6.83. The summed E-state index contributed by atoms with van der Waals surface area (Å²) in [6.07, 6.45) is 1.89. The lowest BCUT2D eigenvalue weighted by Crippen LogP contribution is -2.52. The van der Waals surface area contributed by atoms with Crippen LogP contribution < -0.4 is 15.1 Å². The molecule has 2 heterocycles. The molecule has 0 aliphatic carbocycles. The van der Waals surface area contributed by atoms with Crippen molar-refractivity contribution in [3.63, 3.8) is 0 Å². The van der Waals surface area contributed by atoms with Crippen molar-refractivity contribution < 1.29 is 9.47 Å². The van der Waals surface area contributed by atoms with E-state index >= 15 is 0 Å². The van der Waals surface area contributed by atoms with E-state index in [9.17, 15) is 0 Å². The zero-order chi connectivity index (χ0) is 23.3. The standard InChI is InChI=1S/C27H39N2O2P/c1-25(2)18-27(30-16-17-31-27)19-26(3,4)32(25)23-15-10-9-12-20(23)24-21(28(5)6)13-11-14-22(24)29(7)8/h9-15H,16-19H2,1-8H3. The second-order valence-electron chi connectivity index (χ2n) is 10.9. The lowest BCUT2D eigenvalue weighted by molar-refractivity contribution is -0.178. The molecule has 32 heavy (non-hydrogen) atoms. The fourth-order valence-corrected chi connectivity index (χ4v) is 10.5. The van der Waals surface area contributed by atoms with Gasteiger partial charge in [-0.3, -0.25) is 0 Å². The van der Waals surface area contributed by atoms with Gasteiger partial charge in [0.15, 0.2) is 5.79 Å². The van der Waals surface area contributed by atoms with Crippen LogP contribution in [0.15, 0.2) is 42.5 Å². The summed E-state index contributed by atoms with van der Waals surface area (Å²) in [7, 11) is 8.05. The second kappa shape index (κ2) is 8.31. The predicted octanol–water partition coefficient (Wildman–Crippen LogP) is 5.69. The van der Waals surface area contributed by atoms with E-state index in [4.69, 9.17) is 9.47 Å². The van der Waals surface area contributed by atoms with Gasteiger partial charge in [-0.15, -0.1) is 0 Å². The summed E-state index contributed by atoms with van der Waals surface area (Å²) in [6.45, 7) is 11.1. The first-order chi connectivity index (χ1) is 15.0. The van der Waals surface area contributed by atoms with Crippen molar-refractivity contribution in [1.29, 1.82) is 0 Å². The van der Waals surface area contributed by atoms with Gasteiger partial charge < -0.3 is 19.3 Å². The van der Waals surface area contributed by atoms with E-state index in [1.807, 2.05) is 0 Å². The first kappa shape index (κ1) is 23.5. The SMILES string of the molecule is CN(C)c1cccc(N(C)C)c1-c1ccccc1P1C(C)(C)CC2(CC1(C)C)OCCO2. The Balaban J connectivity index is 1.91. The van der Waals surface area contributed by atoms with Crippen LogP contribution in [0.25, 0.3) is 11.1 Å². The molecule has 2 saturated heterocycles. The van der Waals surface area contributed by atoms with Crippen LogP contribution in [0.2, 0.25) is 0 Å². The number of benzene rings is 2. The van der Waals surface area contributed by atoms with Gasteiger partial charge in [0.25, 0.3) is 0 Å². The summed E-state index contributed by atoms with van der Waals surface area (Å²) in [4.78, 5) is 4.47. The Morgan fingerprint density at radius 3 is 1.72 bits per heavy atom. The van der Waals surface area contributed by atoms with Crippen molar-refractivity contribution in [2.45, 2.75) is 56.6 Å². The van der Waals surface area contributed by atoms with Gasteiger partial charge in [0.2, 0.25) is 0 Å². The summed E-state index contributed by atoms with van der Waals surface area (Å²) in [5.74, 6) is -0.420. The van der Waals surface area contributed by atoms with Gasteiger partial charge in [0, 0.05) is 58.0 Å². The molecule has 2 aliphatic heterocycles. The van der Waals surface area contributed by atoms with Gasteiger partial charge >= 0.3 is 0 Å². The Morgan fingerprint density at radius 2 is 1.22 bits per heavy atom. The Morgan fingerprint density at radius 1 is 0.719 bits per heavy atom. The van der Waals surface area contributed by atoms with Crippen LogP contribution in [-0.4, -0.2) is 57.5 Å². The molecule has 2 aromatic rings. The molecule has 4 nitrogen and oxygen atoms in total. The van der Waals surface area contributed by atoms with Crippen LogP contribution in [0.4, 0.5) is 11.4 Å². The molecule has 2 aromatic carbocycles. The van der Waals surface area contributed by atoms with Crippen LogP contribution in [0.1, 0.15) is 40.5 Å². The van der Waals surface area contributed by atoms with E-state index in [1.165, 1.54) is 27.8 Å². The molecule has 0 N–H and O–H groups in total. The fourth-order valence-electron chi connectivity index (χ4n) is 6.14. The van der Waals surface area contributed by atoms with Crippen LogP contribution in [0.3, 0.4) is 0 Å². The molecular formula is C27H39N2O2P. The lowest BCUT2D eigenvalue weighted by Gasteiger charge is -2.55. The van der Waals surface area contributed by atoms with Crippen molar-refractivity contribution in [2.75, 3.05) is 51.2 Å². The maximum atomic E-state index is 6.23. The van der Waals surface area contributed by atoms with Gasteiger partial charge in [-0.1, -0.05) is 65.9 Å². The van der Waals surface area contributed by atoms with E-state index in [0.717, 1.165) is 12.8 Å². The zero-order valence-electron chi connectivity index (χ0n) is 21.0. The van der Waals surface area contributed by atoms with Crippen LogP contribution in [0, 0.1) is 0 Å². The molecule has 2 fully saturated rings. The van der Waals surface area contributed by atoms with Crippen molar-refractivity contribution >= 4 is 24.6 Å². The Hall–Kier alpha value is -1.61. The first-order valence-electron chi connectivity index (χ1n) is 11.6. The number of hydrogen-bond donors (Lipinski definition) is 0. The van der Waals surface area contributed by atoms with E-state index in [0.29, 0.717) is 13.2 Å². The Labute approximate surface area is 195 Å². The summed E-state index contributed by atoms with van der Waals surface area (Å²) in [6, 6.07) is 15.7. The molecular weight excluding hydrogens is 415 g/mol. The Kier molecular flexibility index (Phi) is 6.11. The number of nitrogens with zero attached hydrogens (tertiary/aromatic N) is 2. The van der Waals surface area contributed by atoms with Crippen molar-refractivity contribution in [3.05, 3.63) is 42.5 Å². The predicted molar refractivity (Wildman–Crippen MR) is 139 cm³/mol. The molecule has 4 rings (SSSR count). The van der Waals surface area contributed by atoms with Gasteiger partial charge in [-0.05, 0) is 33.3 Å². The number of ether oxygens (including phenoxy) is 2. The van der Waals surface area contributed by atoms with E-state index in [2.05, 4.69) is 108 Å². The molecule has 0 radical (unpaired) electrons. The number of rotatable bonds is 4. The molecule has 0 amide bonds. The minimum atomic E-state index is -0.500. The second-order valence-corrected chi connectivity index (χ2v) is 14.5. The third kappa shape index (κ3) is 4.06. The zero-order valence-corrected chi connectivity index (χ0v) is 21.9. The molecule has 5 heteroatoms.